The Hall–Kier alpha value is -0.380. The van der Waals surface area contributed by atoms with Crippen LogP contribution in [0.15, 0.2) is 16.6 Å². The molecule has 2 rings (SSSR count). The van der Waals surface area contributed by atoms with E-state index in [0.29, 0.717) is 0 Å². The van der Waals surface area contributed by atoms with Gasteiger partial charge >= 0.3 is 0 Å². The smallest absolute Gasteiger partial charge is 0.0722 e. The molecule has 1 aromatic rings. The molecule has 0 saturated heterocycles. The molecule has 2 nitrogen and oxygen atoms in total. The standard InChI is InChI=1S/C14H20BrNO/c1-3-16(4-2)9-12-8-13(15)7-11-5-6-17-10-14(11)12/h7-8H,3-6,9-10H2,1-2H3. The van der Waals surface area contributed by atoms with Crippen LogP contribution in [0.1, 0.15) is 30.5 Å². The van der Waals surface area contributed by atoms with Crippen LogP contribution in [0.3, 0.4) is 0 Å². The lowest BCUT2D eigenvalue weighted by atomic mass is 9.97. The maximum absolute atomic E-state index is 5.59. The van der Waals surface area contributed by atoms with E-state index < -0.39 is 0 Å². The minimum atomic E-state index is 0.777. The molecule has 0 atom stereocenters. The van der Waals surface area contributed by atoms with Gasteiger partial charge in [-0.05, 0) is 48.3 Å². The molecule has 0 aliphatic carbocycles. The van der Waals surface area contributed by atoms with Crippen LogP contribution >= 0.6 is 15.9 Å². The first-order valence-electron chi connectivity index (χ1n) is 6.34. The van der Waals surface area contributed by atoms with Gasteiger partial charge in [0.2, 0.25) is 0 Å². The molecule has 3 heteroatoms. The van der Waals surface area contributed by atoms with Gasteiger partial charge in [-0.1, -0.05) is 29.8 Å². The van der Waals surface area contributed by atoms with Crippen molar-refractivity contribution in [1.29, 1.82) is 0 Å². The number of benzene rings is 1. The topological polar surface area (TPSA) is 12.5 Å². The van der Waals surface area contributed by atoms with Crippen molar-refractivity contribution < 1.29 is 4.74 Å². The van der Waals surface area contributed by atoms with E-state index in [1.54, 1.807) is 0 Å². The van der Waals surface area contributed by atoms with E-state index in [9.17, 15) is 0 Å². The lowest BCUT2D eigenvalue weighted by Crippen LogP contribution is -2.24. The third-order valence-electron chi connectivity index (χ3n) is 3.45. The third kappa shape index (κ3) is 3.09. The van der Waals surface area contributed by atoms with Crippen molar-refractivity contribution in [2.24, 2.45) is 0 Å². The largest absolute Gasteiger partial charge is 0.376 e. The van der Waals surface area contributed by atoms with Gasteiger partial charge in [0, 0.05) is 11.0 Å². The van der Waals surface area contributed by atoms with Gasteiger partial charge in [-0.3, -0.25) is 4.90 Å². The number of rotatable bonds is 4. The highest BCUT2D eigenvalue weighted by atomic mass is 79.9. The van der Waals surface area contributed by atoms with Crippen molar-refractivity contribution in [2.45, 2.75) is 33.4 Å². The Labute approximate surface area is 112 Å². The lowest BCUT2D eigenvalue weighted by molar-refractivity contribution is 0.109. The number of fused-ring (bicyclic) bond motifs is 1. The molecule has 0 saturated carbocycles. The predicted molar refractivity (Wildman–Crippen MR) is 74.1 cm³/mol. The molecule has 1 aromatic carbocycles. The molecule has 0 spiro atoms. The minimum Gasteiger partial charge on any atom is -0.376 e. The molecule has 0 fully saturated rings. The zero-order valence-electron chi connectivity index (χ0n) is 10.6. The van der Waals surface area contributed by atoms with Gasteiger partial charge in [0.25, 0.3) is 0 Å². The fraction of sp³-hybridized carbons (Fsp3) is 0.571. The van der Waals surface area contributed by atoms with Crippen molar-refractivity contribution in [1.82, 2.24) is 4.90 Å². The van der Waals surface area contributed by atoms with E-state index >= 15 is 0 Å². The van der Waals surface area contributed by atoms with Gasteiger partial charge in [-0.25, -0.2) is 0 Å². The second-order valence-corrected chi connectivity index (χ2v) is 5.38. The Morgan fingerprint density at radius 2 is 2.06 bits per heavy atom. The summed E-state index contributed by atoms with van der Waals surface area (Å²) in [6, 6.07) is 4.48. The number of nitrogens with zero attached hydrogens (tertiary/aromatic N) is 1. The first kappa shape index (κ1) is 13.1. The summed E-state index contributed by atoms with van der Waals surface area (Å²) in [4.78, 5) is 2.44. The monoisotopic (exact) mass is 297 g/mol. The molecular formula is C14H20BrNO. The van der Waals surface area contributed by atoms with Crippen molar-refractivity contribution in [3.63, 3.8) is 0 Å². The second kappa shape index (κ2) is 5.98. The molecule has 0 radical (unpaired) electrons. The van der Waals surface area contributed by atoms with Gasteiger partial charge in [-0.2, -0.15) is 0 Å². The number of halogens is 1. The van der Waals surface area contributed by atoms with E-state index in [0.717, 1.165) is 39.3 Å². The average Bonchev–Trinajstić information content (AvgIpc) is 2.35. The average molecular weight is 298 g/mol. The summed E-state index contributed by atoms with van der Waals surface area (Å²) in [5, 5.41) is 0. The van der Waals surface area contributed by atoms with Crippen molar-refractivity contribution >= 4 is 15.9 Å². The highest BCUT2D eigenvalue weighted by molar-refractivity contribution is 9.10. The zero-order chi connectivity index (χ0) is 12.3. The summed E-state index contributed by atoms with van der Waals surface area (Å²) in [6.45, 7) is 9.28. The number of hydrogen-bond acceptors (Lipinski definition) is 2. The van der Waals surface area contributed by atoms with Crippen LogP contribution in [0.4, 0.5) is 0 Å². The van der Waals surface area contributed by atoms with Gasteiger partial charge in [0.15, 0.2) is 0 Å². The number of hydrogen-bond donors (Lipinski definition) is 0. The zero-order valence-corrected chi connectivity index (χ0v) is 12.2. The minimum absolute atomic E-state index is 0.777. The summed E-state index contributed by atoms with van der Waals surface area (Å²) in [5.74, 6) is 0. The summed E-state index contributed by atoms with van der Waals surface area (Å²) in [6.07, 6.45) is 1.04. The van der Waals surface area contributed by atoms with E-state index in [1.165, 1.54) is 21.2 Å². The Morgan fingerprint density at radius 3 is 2.76 bits per heavy atom. The predicted octanol–water partition coefficient (Wildman–Crippen LogP) is 3.36. The maximum atomic E-state index is 5.59. The summed E-state index contributed by atoms with van der Waals surface area (Å²) in [5.41, 5.74) is 4.27. The first-order valence-corrected chi connectivity index (χ1v) is 7.14. The van der Waals surface area contributed by atoms with Crippen LogP contribution in [0.5, 0.6) is 0 Å². The third-order valence-corrected chi connectivity index (χ3v) is 3.91. The molecule has 1 heterocycles. The van der Waals surface area contributed by atoms with E-state index in [2.05, 4.69) is 46.8 Å². The maximum Gasteiger partial charge on any atom is 0.0722 e. The Balaban J connectivity index is 2.28. The van der Waals surface area contributed by atoms with E-state index in [1.807, 2.05) is 0 Å². The Kier molecular flexibility index (Phi) is 4.60. The van der Waals surface area contributed by atoms with Gasteiger partial charge in [0.1, 0.15) is 0 Å². The summed E-state index contributed by atoms with van der Waals surface area (Å²) in [7, 11) is 0. The van der Waals surface area contributed by atoms with E-state index in [4.69, 9.17) is 4.74 Å². The fourth-order valence-electron chi connectivity index (χ4n) is 2.35. The van der Waals surface area contributed by atoms with Crippen LogP contribution in [0, 0.1) is 0 Å². The molecule has 0 bridgehead atoms. The lowest BCUT2D eigenvalue weighted by Gasteiger charge is -2.24. The van der Waals surface area contributed by atoms with E-state index in [-0.39, 0.29) is 0 Å². The molecule has 0 N–H and O–H groups in total. The van der Waals surface area contributed by atoms with Gasteiger partial charge in [0.05, 0.1) is 13.2 Å². The quantitative estimate of drug-likeness (QED) is 0.845. The Bertz CT molecular complexity index is 388. The van der Waals surface area contributed by atoms with Crippen LogP contribution in [-0.2, 0) is 24.3 Å². The molecule has 0 amide bonds. The SMILES string of the molecule is CCN(CC)Cc1cc(Br)cc2c1COCC2. The van der Waals surface area contributed by atoms with Crippen LogP contribution < -0.4 is 0 Å². The molecule has 1 aliphatic rings. The molecule has 0 unspecified atom stereocenters. The molecular weight excluding hydrogens is 278 g/mol. The molecule has 94 valence electrons. The first-order chi connectivity index (χ1) is 8.24. The van der Waals surface area contributed by atoms with Crippen LogP contribution in [0.2, 0.25) is 0 Å². The van der Waals surface area contributed by atoms with Crippen molar-refractivity contribution in [3.8, 4) is 0 Å². The summed E-state index contributed by atoms with van der Waals surface area (Å²) < 4.78 is 6.79. The molecule has 0 aromatic heterocycles. The Morgan fingerprint density at radius 1 is 1.29 bits per heavy atom. The summed E-state index contributed by atoms with van der Waals surface area (Å²) >= 11 is 3.62. The fourth-order valence-corrected chi connectivity index (χ4v) is 2.90. The highest BCUT2D eigenvalue weighted by Gasteiger charge is 2.15. The van der Waals surface area contributed by atoms with Crippen molar-refractivity contribution in [2.75, 3.05) is 19.7 Å². The van der Waals surface area contributed by atoms with Crippen molar-refractivity contribution in [3.05, 3.63) is 33.3 Å². The van der Waals surface area contributed by atoms with Crippen LogP contribution in [-0.4, -0.2) is 24.6 Å². The highest BCUT2D eigenvalue weighted by Crippen LogP contribution is 2.26. The molecule has 17 heavy (non-hydrogen) atoms. The van der Waals surface area contributed by atoms with Crippen LogP contribution in [0.25, 0.3) is 0 Å². The second-order valence-electron chi connectivity index (χ2n) is 4.47. The molecule has 1 aliphatic heterocycles. The normalized spacial score (nSPS) is 15.1. The van der Waals surface area contributed by atoms with Gasteiger partial charge < -0.3 is 4.74 Å². The number of ether oxygens (including phenoxy) is 1. The van der Waals surface area contributed by atoms with Gasteiger partial charge in [-0.15, -0.1) is 0 Å².